The lowest BCUT2D eigenvalue weighted by Gasteiger charge is -2.31. The standard InChI is InChI=1S/C18H22O/c1-4-12-11-13(5-2)16-15(12)14(6-3)18(17(16)19)9-7-8-10-18/h4-8,12-16H,1-3,9-11H2/t12-,13+,14-,15-,16-/m1/s1. The minimum atomic E-state index is -0.194. The molecule has 19 heavy (non-hydrogen) atoms. The second kappa shape index (κ2) is 4.33. The van der Waals surface area contributed by atoms with E-state index in [1.807, 2.05) is 18.2 Å². The molecule has 0 aromatic carbocycles. The Kier molecular flexibility index (Phi) is 2.88. The van der Waals surface area contributed by atoms with Crippen LogP contribution in [0.1, 0.15) is 19.3 Å². The van der Waals surface area contributed by atoms with Crippen LogP contribution in [-0.2, 0) is 4.79 Å². The summed E-state index contributed by atoms with van der Waals surface area (Å²) >= 11 is 0. The van der Waals surface area contributed by atoms with Crippen molar-refractivity contribution in [1.29, 1.82) is 0 Å². The van der Waals surface area contributed by atoms with Crippen molar-refractivity contribution in [3.05, 3.63) is 50.1 Å². The predicted octanol–water partition coefficient (Wildman–Crippen LogP) is 3.95. The molecule has 2 fully saturated rings. The highest BCUT2D eigenvalue weighted by molar-refractivity contribution is 5.92. The highest BCUT2D eigenvalue weighted by atomic mass is 16.1. The van der Waals surface area contributed by atoms with E-state index in [1.54, 1.807) is 0 Å². The molecule has 0 unspecified atom stereocenters. The summed E-state index contributed by atoms with van der Waals surface area (Å²) in [6, 6.07) is 0. The normalized spacial score (nSPS) is 42.5. The van der Waals surface area contributed by atoms with E-state index >= 15 is 0 Å². The number of carbonyl (C=O) groups is 1. The van der Waals surface area contributed by atoms with E-state index in [0.717, 1.165) is 19.3 Å². The van der Waals surface area contributed by atoms with Gasteiger partial charge in [0, 0.05) is 11.3 Å². The first-order valence-corrected chi connectivity index (χ1v) is 7.26. The Labute approximate surface area is 115 Å². The smallest absolute Gasteiger partial charge is 0.144 e. The van der Waals surface area contributed by atoms with Crippen molar-refractivity contribution in [3.8, 4) is 0 Å². The third-order valence-corrected chi connectivity index (χ3v) is 5.75. The van der Waals surface area contributed by atoms with E-state index in [0.29, 0.717) is 29.5 Å². The molecule has 3 rings (SSSR count). The lowest BCUT2D eigenvalue weighted by Crippen LogP contribution is -2.32. The zero-order chi connectivity index (χ0) is 13.6. The molecule has 1 heteroatoms. The van der Waals surface area contributed by atoms with Crippen LogP contribution in [0.2, 0.25) is 0 Å². The van der Waals surface area contributed by atoms with Gasteiger partial charge in [-0.25, -0.2) is 0 Å². The van der Waals surface area contributed by atoms with Gasteiger partial charge in [0.15, 0.2) is 0 Å². The maximum Gasteiger partial charge on any atom is 0.144 e. The van der Waals surface area contributed by atoms with Crippen LogP contribution < -0.4 is 0 Å². The average Bonchev–Trinajstić information content (AvgIpc) is 3.09. The molecule has 0 N–H and O–H groups in total. The Balaban J connectivity index is 2.06. The molecular weight excluding hydrogens is 232 g/mol. The number of allylic oxidation sites excluding steroid dienone is 5. The fraction of sp³-hybridized carbons (Fsp3) is 0.500. The molecular formula is C18H22O. The van der Waals surface area contributed by atoms with Gasteiger partial charge in [0.25, 0.3) is 0 Å². The third-order valence-electron chi connectivity index (χ3n) is 5.75. The summed E-state index contributed by atoms with van der Waals surface area (Å²) in [6.45, 7) is 12.0. The van der Waals surface area contributed by atoms with Gasteiger partial charge >= 0.3 is 0 Å². The Bertz CT molecular complexity index is 462. The highest BCUT2D eigenvalue weighted by Gasteiger charge is 2.63. The van der Waals surface area contributed by atoms with Crippen molar-refractivity contribution < 1.29 is 4.79 Å². The van der Waals surface area contributed by atoms with E-state index in [4.69, 9.17) is 0 Å². The van der Waals surface area contributed by atoms with Crippen LogP contribution in [0.3, 0.4) is 0 Å². The molecule has 2 saturated carbocycles. The maximum atomic E-state index is 13.0. The Morgan fingerprint density at radius 2 is 1.68 bits per heavy atom. The van der Waals surface area contributed by atoms with Gasteiger partial charge in [-0.1, -0.05) is 30.4 Å². The van der Waals surface area contributed by atoms with E-state index in [9.17, 15) is 4.79 Å². The summed E-state index contributed by atoms with van der Waals surface area (Å²) in [5.74, 6) is 2.05. The van der Waals surface area contributed by atoms with Crippen LogP contribution in [0.4, 0.5) is 0 Å². The van der Waals surface area contributed by atoms with Gasteiger partial charge < -0.3 is 0 Å². The summed E-state index contributed by atoms with van der Waals surface area (Å²) in [5, 5.41) is 0. The zero-order valence-electron chi connectivity index (χ0n) is 11.4. The number of Topliss-reactive ketones (excluding diaryl/α,β-unsaturated/α-hetero) is 1. The van der Waals surface area contributed by atoms with Gasteiger partial charge in [0.1, 0.15) is 5.78 Å². The van der Waals surface area contributed by atoms with Crippen LogP contribution in [0.15, 0.2) is 50.1 Å². The first-order valence-electron chi connectivity index (χ1n) is 7.26. The van der Waals surface area contributed by atoms with Crippen molar-refractivity contribution in [2.24, 2.45) is 35.0 Å². The second-order valence-corrected chi connectivity index (χ2v) is 6.30. The summed E-state index contributed by atoms with van der Waals surface area (Å²) in [4.78, 5) is 13.0. The van der Waals surface area contributed by atoms with Crippen molar-refractivity contribution in [1.82, 2.24) is 0 Å². The average molecular weight is 254 g/mol. The van der Waals surface area contributed by atoms with E-state index in [-0.39, 0.29) is 11.3 Å². The second-order valence-electron chi connectivity index (χ2n) is 6.30. The zero-order valence-corrected chi connectivity index (χ0v) is 11.4. The van der Waals surface area contributed by atoms with E-state index < -0.39 is 0 Å². The van der Waals surface area contributed by atoms with Crippen LogP contribution >= 0.6 is 0 Å². The monoisotopic (exact) mass is 254 g/mol. The van der Waals surface area contributed by atoms with E-state index in [2.05, 4.69) is 31.9 Å². The molecule has 0 amide bonds. The molecule has 0 aromatic rings. The lowest BCUT2D eigenvalue weighted by molar-refractivity contribution is -0.129. The predicted molar refractivity (Wildman–Crippen MR) is 78.5 cm³/mol. The number of hydrogen-bond donors (Lipinski definition) is 0. The van der Waals surface area contributed by atoms with Gasteiger partial charge in [0.2, 0.25) is 0 Å². The molecule has 1 nitrogen and oxygen atoms in total. The SMILES string of the molecule is C=C[C@@H]1C[C@H](C=C)[C@H]2C(=O)C3(CC=CC3)[C@H](C=C)[C@H]21. The number of rotatable bonds is 3. The molecule has 1 spiro atoms. The molecule has 0 aromatic heterocycles. The maximum absolute atomic E-state index is 13.0. The Morgan fingerprint density at radius 1 is 1.05 bits per heavy atom. The Morgan fingerprint density at radius 3 is 2.21 bits per heavy atom. The first-order chi connectivity index (χ1) is 9.19. The largest absolute Gasteiger partial charge is 0.299 e. The molecule has 5 atom stereocenters. The van der Waals surface area contributed by atoms with Crippen molar-refractivity contribution in [2.75, 3.05) is 0 Å². The van der Waals surface area contributed by atoms with Crippen LogP contribution in [0.25, 0.3) is 0 Å². The van der Waals surface area contributed by atoms with Gasteiger partial charge in [-0.2, -0.15) is 0 Å². The molecule has 0 aliphatic heterocycles. The van der Waals surface area contributed by atoms with E-state index in [1.165, 1.54) is 0 Å². The van der Waals surface area contributed by atoms with Crippen molar-refractivity contribution in [3.63, 3.8) is 0 Å². The van der Waals surface area contributed by atoms with Crippen LogP contribution in [0, 0.1) is 35.0 Å². The van der Waals surface area contributed by atoms with Gasteiger partial charge in [-0.15, -0.1) is 19.7 Å². The molecule has 0 saturated heterocycles. The van der Waals surface area contributed by atoms with Crippen LogP contribution in [0.5, 0.6) is 0 Å². The number of ketones is 1. The number of carbonyl (C=O) groups excluding carboxylic acids is 1. The van der Waals surface area contributed by atoms with Crippen molar-refractivity contribution >= 4 is 5.78 Å². The van der Waals surface area contributed by atoms with Gasteiger partial charge in [-0.3, -0.25) is 4.79 Å². The molecule has 0 bridgehead atoms. The number of fused-ring (bicyclic) bond motifs is 1. The van der Waals surface area contributed by atoms with Gasteiger partial charge in [0.05, 0.1) is 0 Å². The molecule has 3 aliphatic carbocycles. The summed E-state index contributed by atoms with van der Waals surface area (Å²) in [6.07, 6.45) is 13.2. The summed E-state index contributed by atoms with van der Waals surface area (Å²) in [7, 11) is 0. The molecule has 100 valence electrons. The third kappa shape index (κ3) is 1.45. The number of hydrogen-bond acceptors (Lipinski definition) is 1. The minimum Gasteiger partial charge on any atom is -0.299 e. The fourth-order valence-electron chi connectivity index (χ4n) is 4.92. The lowest BCUT2D eigenvalue weighted by atomic mass is 9.70. The molecule has 0 radical (unpaired) electrons. The first kappa shape index (κ1) is 12.7. The minimum absolute atomic E-state index is 0.142. The molecule has 0 heterocycles. The highest BCUT2D eigenvalue weighted by Crippen LogP contribution is 2.63. The topological polar surface area (TPSA) is 17.1 Å². The van der Waals surface area contributed by atoms with Crippen LogP contribution in [-0.4, -0.2) is 5.78 Å². The Hall–Kier alpha value is -1.37. The molecule has 3 aliphatic rings. The summed E-state index contributed by atoms with van der Waals surface area (Å²) < 4.78 is 0. The quantitative estimate of drug-likeness (QED) is 0.697. The fourth-order valence-corrected chi connectivity index (χ4v) is 4.92. The van der Waals surface area contributed by atoms with Gasteiger partial charge in [-0.05, 0) is 42.9 Å². The summed E-state index contributed by atoms with van der Waals surface area (Å²) in [5.41, 5.74) is -0.194. The van der Waals surface area contributed by atoms with Crippen molar-refractivity contribution in [2.45, 2.75) is 19.3 Å².